The molecule has 1 aromatic heterocycles. The van der Waals surface area contributed by atoms with Gasteiger partial charge in [-0.15, -0.1) is 0 Å². The SMILES string of the molecule is COc1ccc(CCNC(=O)C2CCN(C(=O)c3ccco3)CC2)cc1OC. The van der Waals surface area contributed by atoms with Gasteiger partial charge in [0.15, 0.2) is 17.3 Å². The minimum Gasteiger partial charge on any atom is -0.493 e. The number of furan rings is 1. The number of rotatable bonds is 7. The van der Waals surface area contributed by atoms with Gasteiger partial charge in [0.05, 0.1) is 20.5 Å². The quantitative estimate of drug-likeness (QED) is 0.791. The van der Waals surface area contributed by atoms with E-state index in [9.17, 15) is 9.59 Å². The summed E-state index contributed by atoms with van der Waals surface area (Å²) in [5.74, 6) is 1.58. The standard InChI is InChI=1S/C21H26N2O5/c1-26-17-6-5-15(14-19(17)27-2)7-10-22-20(24)16-8-11-23(12-9-16)21(25)18-4-3-13-28-18/h3-6,13-14,16H,7-12H2,1-2H3,(H,22,24). The number of methoxy groups -OCH3 is 2. The highest BCUT2D eigenvalue weighted by Gasteiger charge is 2.28. The van der Waals surface area contributed by atoms with Crippen molar-refractivity contribution in [3.05, 3.63) is 47.9 Å². The third-order valence-corrected chi connectivity index (χ3v) is 5.05. The summed E-state index contributed by atoms with van der Waals surface area (Å²) in [5, 5.41) is 3.01. The molecule has 1 aromatic carbocycles. The summed E-state index contributed by atoms with van der Waals surface area (Å²) in [6, 6.07) is 9.11. The molecular formula is C21H26N2O5. The molecule has 1 aliphatic rings. The molecule has 0 unspecified atom stereocenters. The van der Waals surface area contributed by atoms with Crippen LogP contribution in [0, 0.1) is 5.92 Å². The van der Waals surface area contributed by atoms with Crippen molar-refractivity contribution in [3.63, 3.8) is 0 Å². The van der Waals surface area contributed by atoms with Crippen LogP contribution in [0.1, 0.15) is 29.0 Å². The predicted octanol–water partition coefficient (Wildman–Crippen LogP) is 2.51. The average Bonchev–Trinajstić information content (AvgIpc) is 3.28. The van der Waals surface area contributed by atoms with Gasteiger partial charge >= 0.3 is 0 Å². The Hall–Kier alpha value is -2.96. The zero-order valence-corrected chi connectivity index (χ0v) is 16.3. The summed E-state index contributed by atoms with van der Waals surface area (Å²) in [7, 11) is 3.21. The second kappa shape index (κ2) is 9.30. The molecule has 0 atom stereocenters. The molecule has 0 bridgehead atoms. The highest BCUT2D eigenvalue weighted by atomic mass is 16.5. The molecule has 0 aliphatic carbocycles. The molecular weight excluding hydrogens is 360 g/mol. The van der Waals surface area contributed by atoms with Crippen LogP contribution in [-0.4, -0.2) is 50.6 Å². The molecule has 1 aliphatic heterocycles. The zero-order valence-electron chi connectivity index (χ0n) is 16.3. The van der Waals surface area contributed by atoms with Gasteiger partial charge in [0.2, 0.25) is 5.91 Å². The molecule has 1 N–H and O–H groups in total. The minimum absolute atomic E-state index is 0.0468. The molecule has 2 aromatic rings. The van der Waals surface area contributed by atoms with Gasteiger partial charge in [0.1, 0.15) is 0 Å². The maximum Gasteiger partial charge on any atom is 0.289 e. The number of ether oxygens (including phenoxy) is 2. The summed E-state index contributed by atoms with van der Waals surface area (Å²) in [4.78, 5) is 26.5. The Morgan fingerprint density at radius 1 is 1.14 bits per heavy atom. The van der Waals surface area contributed by atoms with Gasteiger partial charge in [-0.3, -0.25) is 9.59 Å². The van der Waals surface area contributed by atoms with Gasteiger partial charge in [-0.25, -0.2) is 0 Å². The highest BCUT2D eigenvalue weighted by molar-refractivity contribution is 5.91. The number of likely N-dealkylation sites (tertiary alicyclic amines) is 1. The molecule has 1 saturated heterocycles. The fraction of sp³-hybridized carbons (Fsp3) is 0.429. The monoisotopic (exact) mass is 386 g/mol. The molecule has 7 heteroatoms. The fourth-order valence-electron chi connectivity index (χ4n) is 3.41. The van der Waals surface area contributed by atoms with Gasteiger partial charge in [-0.1, -0.05) is 6.07 Å². The Kier molecular flexibility index (Phi) is 6.57. The lowest BCUT2D eigenvalue weighted by molar-refractivity contribution is -0.126. The molecule has 1 fully saturated rings. The van der Waals surface area contributed by atoms with E-state index in [2.05, 4.69) is 5.32 Å². The van der Waals surface area contributed by atoms with E-state index in [-0.39, 0.29) is 17.7 Å². The number of hydrogen-bond acceptors (Lipinski definition) is 5. The van der Waals surface area contributed by atoms with Crippen molar-refractivity contribution >= 4 is 11.8 Å². The van der Waals surface area contributed by atoms with Gasteiger partial charge in [0, 0.05) is 25.6 Å². The van der Waals surface area contributed by atoms with Crippen molar-refractivity contribution in [2.75, 3.05) is 33.9 Å². The number of carbonyl (C=O) groups is 2. The lowest BCUT2D eigenvalue weighted by Crippen LogP contribution is -2.43. The van der Waals surface area contributed by atoms with E-state index >= 15 is 0 Å². The van der Waals surface area contributed by atoms with E-state index in [0.29, 0.717) is 56.2 Å². The van der Waals surface area contributed by atoms with Gasteiger partial charge in [-0.2, -0.15) is 0 Å². The number of amides is 2. The van der Waals surface area contributed by atoms with Crippen LogP contribution in [0.25, 0.3) is 0 Å². The highest BCUT2D eigenvalue weighted by Crippen LogP contribution is 2.27. The van der Waals surface area contributed by atoms with Gasteiger partial charge < -0.3 is 24.1 Å². The normalized spacial score (nSPS) is 14.6. The molecule has 2 heterocycles. The van der Waals surface area contributed by atoms with Crippen LogP contribution in [0.3, 0.4) is 0 Å². The number of hydrogen-bond donors (Lipinski definition) is 1. The smallest absolute Gasteiger partial charge is 0.289 e. The van der Waals surface area contributed by atoms with E-state index in [1.807, 2.05) is 18.2 Å². The molecule has 150 valence electrons. The van der Waals surface area contributed by atoms with Crippen molar-refractivity contribution in [2.24, 2.45) is 5.92 Å². The predicted molar refractivity (Wildman–Crippen MR) is 104 cm³/mol. The first-order valence-electron chi connectivity index (χ1n) is 9.43. The fourth-order valence-corrected chi connectivity index (χ4v) is 3.41. The van der Waals surface area contributed by atoms with Gasteiger partial charge in [0.25, 0.3) is 5.91 Å². The number of nitrogens with zero attached hydrogens (tertiary/aromatic N) is 1. The van der Waals surface area contributed by atoms with E-state index in [1.54, 1.807) is 31.3 Å². The molecule has 7 nitrogen and oxygen atoms in total. The largest absolute Gasteiger partial charge is 0.493 e. The van der Waals surface area contributed by atoms with Crippen molar-refractivity contribution in [1.29, 1.82) is 0 Å². The van der Waals surface area contributed by atoms with Crippen molar-refractivity contribution in [3.8, 4) is 11.5 Å². The Morgan fingerprint density at radius 2 is 1.89 bits per heavy atom. The van der Waals surface area contributed by atoms with Crippen LogP contribution in [0.4, 0.5) is 0 Å². The van der Waals surface area contributed by atoms with Crippen LogP contribution >= 0.6 is 0 Å². The second-order valence-corrected chi connectivity index (χ2v) is 6.77. The van der Waals surface area contributed by atoms with Crippen LogP contribution in [0.2, 0.25) is 0 Å². The van der Waals surface area contributed by atoms with Crippen molar-refractivity contribution in [2.45, 2.75) is 19.3 Å². The zero-order chi connectivity index (χ0) is 19.9. The first-order valence-corrected chi connectivity index (χ1v) is 9.43. The topological polar surface area (TPSA) is 81.0 Å². The van der Waals surface area contributed by atoms with Gasteiger partial charge in [-0.05, 0) is 49.1 Å². The summed E-state index contributed by atoms with van der Waals surface area (Å²) < 4.78 is 15.7. The van der Waals surface area contributed by atoms with E-state index in [1.165, 1.54) is 6.26 Å². The maximum atomic E-state index is 12.4. The number of benzene rings is 1. The Bertz CT molecular complexity index is 795. The lowest BCUT2D eigenvalue weighted by atomic mass is 9.95. The minimum atomic E-state index is -0.114. The second-order valence-electron chi connectivity index (χ2n) is 6.77. The third kappa shape index (κ3) is 4.65. The molecule has 3 rings (SSSR count). The summed E-state index contributed by atoms with van der Waals surface area (Å²) in [5.41, 5.74) is 1.07. The summed E-state index contributed by atoms with van der Waals surface area (Å²) in [6.45, 7) is 1.68. The van der Waals surface area contributed by atoms with Crippen LogP contribution in [0.15, 0.2) is 41.0 Å². The Labute approximate surface area is 164 Å². The van der Waals surface area contributed by atoms with E-state index < -0.39 is 0 Å². The Morgan fingerprint density at radius 3 is 2.54 bits per heavy atom. The molecule has 0 spiro atoms. The van der Waals surface area contributed by atoms with Crippen LogP contribution < -0.4 is 14.8 Å². The summed E-state index contributed by atoms with van der Waals surface area (Å²) in [6.07, 6.45) is 3.52. The lowest BCUT2D eigenvalue weighted by Gasteiger charge is -2.30. The van der Waals surface area contributed by atoms with Crippen LogP contribution in [0.5, 0.6) is 11.5 Å². The van der Waals surface area contributed by atoms with Crippen LogP contribution in [-0.2, 0) is 11.2 Å². The number of piperidine rings is 1. The third-order valence-electron chi connectivity index (χ3n) is 5.05. The molecule has 0 saturated carbocycles. The number of nitrogens with one attached hydrogen (secondary N) is 1. The van der Waals surface area contributed by atoms with Crippen molar-refractivity contribution < 1.29 is 23.5 Å². The molecule has 2 amide bonds. The summed E-state index contributed by atoms with van der Waals surface area (Å²) >= 11 is 0. The average molecular weight is 386 g/mol. The van der Waals surface area contributed by atoms with E-state index in [4.69, 9.17) is 13.9 Å². The number of carbonyl (C=O) groups excluding carboxylic acids is 2. The first-order chi connectivity index (χ1) is 13.6. The first kappa shape index (κ1) is 19.8. The van der Waals surface area contributed by atoms with Crippen molar-refractivity contribution in [1.82, 2.24) is 10.2 Å². The van der Waals surface area contributed by atoms with E-state index in [0.717, 1.165) is 5.56 Å². The molecule has 28 heavy (non-hydrogen) atoms. The Balaban J connectivity index is 1.43. The maximum absolute atomic E-state index is 12.4. The molecule has 0 radical (unpaired) electrons.